The van der Waals surface area contributed by atoms with Crippen molar-refractivity contribution >= 4 is 22.6 Å². The summed E-state index contributed by atoms with van der Waals surface area (Å²) in [7, 11) is 0. The molecule has 0 aliphatic rings. The molecule has 0 aliphatic carbocycles. The lowest BCUT2D eigenvalue weighted by Gasteiger charge is -2.04. The number of aromatic amines is 1. The molecule has 0 fully saturated rings. The molecule has 6 heteroatoms. The number of nitrogens with zero attached hydrogens (tertiary/aromatic N) is 1. The van der Waals surface area contributed by atoms with Gasteiger partial charge in [0.1, 0.15) is 11.2 Å². The van der Waals surface area contributed by atoms with Crippen LogP contribution in [0.15, 0.2) is 18.3 Å². The van der Waals surface area contributed by atoms with Gasteiger partial charge in [0.05, 0.1) is 10.5 Å². The molecule has 0 atom stereocenters. The molecule has 2 nitrogen and oxygen atoms in total. The SMILES string of the molecule is FC(F)(F)c1ccc2[nH]cc(Cl)c2n1. The van der Waals surface area contributed by atoms with Crippen LogP contribution in [-0.2, 0) is 6.18 Å². The van der Waals surface area contributed by atoms with Gasteiger partial charge in [-0.2, -0.15) is 13.2 Å². The van der Waals surface area contributed by atoms with Crippen molar-refractivity contribution in [1.82, 2.24) is 9.97 Å². The fourth-order valence-corrected chi connectivity index (χ4v) is 1.32. The standard InChI is InChI=1S/C8H4ClF3N2/c9-4-3-13-5-1-2-6(8(10,11)12)14-7(4)5/h1-3,13H. The number of pyridine rings is 1. The lowest BCUT2D eigenvalue weighted by atomic mass is 10.3. The number of aromatic nitrogens is 2. The molecule has 0 radical (unpaired) electrons. The Morgan fingerprint density at radius 3 is 2.64 bits per heavy atom. The topological polar surface area (TPSA) is 28.7 Å². The first-order valence-electron chi connectivity index (χ1n) is 3.69. The Labute approximate surface area is 81.7 Å². The number of fused-ring (bicyclic) bond motifs is 1. The van der Waals surface area contributed by atoms with E-state index in [1.165, 1.54) is 12.3 Å². The molecule has 0 amide bonds. The van der Waals surface area contributed by atoms with Crippen LogP contribution in [0.25, 0.3) is 11.0 Å². The highest BCUT2D eigenvalue weighted by molar-refractivity contribution is 6.35. The largest absolute Gasteiger partial charge is 0.433 e. The fourth-order valence-electron chi connectivity index (χ4n) is 1.13. The number of hydrogen-bond acceptors (Lipinski definition) is 1. The summed E-state index contributed by atoms with van der Waals surface area (Å²) in [4.78, 5) is 6.12. The quantitative estimate of drug-likeness (QED) is 0.726. The van der Waals surface area contributed by atoms with E-state index in [0.717, 1.165) is 6.07 Å². The van der Waals surface area contributed by atoms with E-state index in [-0.39, 0.29) is 10.5 Å². The number of H-pyrrole nitrogens is 1. The molecule has 0 bridgehead atoms. The Kier molecular flexibility index (Phi) is 1.92. The molecule has 74 valence electrons. The van der Waals surface area contributed by atoms with E-state index in [1.54, 1.807) is 0 Å². The van der Waals surface area contributed by atoms with Crippen LogP contribution in [0.1, 0.15) is 5.69 Å². The van der Waals surface area contributed by atoms with Gasteiger partial charge in [0.2, 0.25) is 0 Å². The van der Waals surface area contributed by atoms with Crippen LogP contribution >= 0.6 is 11.6 Å². The Morgan fingerprint density at radius 2 is 2.00 bits per heavy atom. The molecule has 0 saturated carbocycles. The highest BCUT2D eigenvalue weighted by atomic mass is 35.5. The lowest BCUT2D eigenvalue weighted by molar-refractivity contribution is -0.140. The van der Waals surface area contributed by atoms with Gasteiger partial charge < -0.3 is 4.98 Å². The van der Waals surface area contributed by atoms with Crippen LogP contribution in [0.2, 0.25) is 5.02 Å². The van der Waals surface area contributed by atoms with E-state index in [2.05, 4.69) is 9.97 Å². The van der Waals surface area contributed by atoms with Crippen LogP contribution in [0, 0.1) is 0 Å². The van der Waals surface area contributed by atoms with Gasteiger partial charge in [-0.25, -0.2) is 4.98 Å². The smallest absolute Gasteiger partial charge is 0.358 e. The highest BCUT2D eigenvalue weighted by Crippen LogP contribution is 2.30. The number of halogens is 4. The summed E-state index contributed by atoms with van der Waals surface area (Å²) in [5.41, 5.74) is -0.309. The summed E-state index contributed by atoms with van der Waals surface area (Å²) in [6.45, 7) is 0. The van der Waals surface area contributed by atoms with Crippen molar-refractivity contribution in [2.75, 3.05) is 0 Å². The molecular weight excluding hydrogens is 217 g/mol. The normalized spacial score (nSPS) is 12.3. The zero-order valence-electron chi connectivity index (χ0n) is 6.69. The predicted molar refractivity (Wildman–Crippen MR) is 46.1 cm³/mol. The van der Waals surface area contributed by atoms with Gasteiger partial charge in [-0.05, 0) is 12.1 Å². The summed E-state index contributed by atoms with van der Waals surface area (Å²) in [6, 6.07) is 2.21. The van der Waals surface area contributed by atoms with Gasteiger partial charge in [-0.1, -0.05) is 11.6 Å². The van der Waals surface area contributed by atoms with Gasteiger partial charge in [0.15, 0.2) is 0 Å². The van der Waals surface area contributed by atoms with E-state index < -0.39 is 11.9 Å². The van der Waals surface area contributed by atoms with E-state index >= 15 is 0 Å². The summed E-state index contributed by atoms with van der Waals surface area (Å²) >= 11 is 5.63. The van der Waals surface area contributed by atoms with Crippen molar-refractivity contribution in [1.29, 1.82) is 0 Å². The van der Waals surface area contributed by atoms with Crippen molar-refractivity contribution in [3.05, 3.63) is 29.0 Å². The van der Waals surface area contributed by atoms with Crippen molar-refractivity contribution in [2.45, 2.75) is 6.18 Å². The summed E-state index contributed by atoms with van der Waals surface area (Å²) in [6.07, 6.45) is -3.03. The molecular formula is C8H4ClF3N2. The Balaban J connectivity index is 2.66. The fraction of sp³-hybridized carbons (Fsp3) is 0.125. The third-order valence-corrected chi connectivity index (χ3v) is 2.05. The summed E-state index contributed by atoms with van der Waals surface area (Å²) < 4.78 is 36.7. The van der Waals surface area contributed by atoms with Crippen LogP contribution in [0.5, 0.6) is 0 Å². The van der Waals surface area contributed by atoms with Crippen molar-refractivity contribution in [2.24, 2.45) is 0 Å². The lowest BCUT2D eigenvalue weighted by Crippen LogP contribution is -2.07. The number of nitrogens with one attached hydrogen (secondary N) is 1. The maximum atomic E-state index is 12.2. The minimum absolute atomic E-state index is 0.140. The molecule has 2 rings (SSSR count). The monoisotopic (exact) mass is 220 g/mol. The summed E-state index contributed by atoms with van der Waals surface area (Å²) in [5, 5.41) is 0.186. The Morgan fingerprint density at radius 1 is 1.29 bits per heavy atom. The van der Waals surface area contributed by atoms with Gasteiger partial charge >= 0.3 is 6.18 Å². The average molecular weight is 221 g/mol. The first-order chi connectivity index (χ1) is 6.48. The van der Waals surface area contributed by atoms with Gasteiger partial charge in [0.25, 0.3) is 0 Å². The van der Waals surface area contributed by atoms with Crippen LogP contribution in [-0.4, -0.2) is 9.97 Å². The minimum atomic E-state index is -4.44. The van der Waals surface area contributed by atoms with E-state index in [0.29, 0.717) is 5.52 Å². The molecule has 0 saturated heterocycles. The zero-order chi connectivity index (χ0) is 10.3. The molecule has 14 heavy (non-hydrogen) atoms. The summed E-state index contributed by atoms with van der Waals surface area (Å²) in [5.74, 6) is 0. The van der Waals surface area contributed by atoms with Crippen molar-refractivity contribution < 1.29 is 13.2 Å². The maximum Gasteiger partial charge on any atom is 0.433 e. The zero-order valence-corrected chi connectivity index (χ0v) is 7.45. The highest BCUT2D eigenvalue weighted by Gasteiger charge is 2.32. The van der Waals surface area contributed by atoms with Crippen molar-refractivity contribution in [3.8, 4) is 0 Å². The second-order valence-electron chi connectivity index (χ2n) is 2.73. The molecule has 1 N–H and O–H groups in total. The van der Waals surface area contributed by atoms with Gasteiger partial charge in [0, 0.05) is 6.20 Å². The minimum Gasteiger partial charge on any atom is -0.358 e. The first-order valence-corrected chi connectivity index (χ1v) is 4.07. The third kappa shape index (κ3) is 1.43. The Bertz CT molecular complexity index is 475. The average Bonchev–Trinajstić information content (AvgIpc) is 2.46. The van der Waals surface area contributed by atoms with Gasteiger partial charge in [-0.3, -0.25) is 0 Å². The molecule has 0 unspecified atom stereocenters. The maximum absolute atomic E-state index is 12.2. The van der Waals surface area contributed by atoms with E-state index in [1.807, 2.05) is 0 Å². The molecule has 2 aromatic rings. The molecule has 0 aromatic carbocycles. The predicted octanol–water partition coefficient (Wildman–Crippen LogP) is 3.24. The molecule has 0 aliphatic heterocycles. The Hall–Kier alpha value is -1.23. The second-order valence-corrected chi connectivity index (χ2v) is 3.13. The van der Waals surface area contributed by atoms with Crippen LogP contribution in [0.4, 0.5) is 13.2 Å². The molecule has 2 heterocycles. The third-order valence-electron chi connectivity index (χ3n) is 1.77. The van der Waals surface area contributed by atoms with Crippen LogP contribution in [0.3, 0.4) is 0 Å². The van der Waals surface area contributed by atoms with E-state index in [4.69, 9.17) is 11.6 Å². The van der Waals surface area contributed by atoms with Crippen molar-refractivity contribution in [3.63, 3.8) is 0 Å². The van der Waals surface area contributed by atoms with Crippen LogP contribution < -0.4 is 0 Å². The number of hydrogen-bond donors (Lipinski definition) is 1. The van der Waals surface area contributed by atoms with Gasteiger partial charge in [-0.15, -0.1) is 0 Å². The number of rotatable bonds is 0. The second kappa shape index (κ2) is 2.88. The molecule has 2 aromatic heterocycles. The molecule has 0 spiro atoms. The first kappa shape index (κ1) is 9.33. The van der Waals surface area contributed by atoms with E-state index in [9.17, 15) is 13.2 Å². The number of alkyl halides is 3.